The zero-order chi connectivity index (χ0) is 16.2. The fourth-order valence-electron chi connectivity index (χ4n) is 2.29. The third-order valence-corrected chi connectivity index (χ3v) is 4.17. The van der Waals surface area contributed by atoms with Crippen LogP contribution in [0.4, 0.5) is 0 Å². The summed E-state index contributed by atoms with van der Waals surface area (Å²) in [5, 5.41) is 10.6. The Balaban J connectivity index is 2.90. The molecule has 2 atom stereocenters. The van der Waals surface area contributed by atoms with Crippen molar-refractivity contribution in [2.45, 2.75) is 39.8 Å². The van der Waals surface area contributed by atoms with Gasteiger partial charge in [-0.3, -0.25) is 0 Å². The molecule has 0 bridgehead atoms. The van der Waals surface area contributed by atoms with Crippen LogP contribution >= 0.6 is 0 Å². The Hall–Kier alpha value is -1.26. The lowest BCUT2D eigenvalue weighted by Gasteiger charge is -2.36. The van der Waals surface area contributed by atoms with Crippen LogP contribution in [-0.4, -0.2) is 43.9 Å². The molecule has 1 aromatic carbocycles. The largest absolute Gasteiger partial charge is 0.497 e. The van der Waals surface area contributed by atoms with Crippen LogP contribution in [0.3, 0.4) is 0 Å². The fraction of sp³-hybridized carbons (Fsp3) is 0.647. The van der Waals surface area contributed by atoms with Gasteiger partial charge >= 0.3 is 0 Å². The first-order chi connectivity index (χ1) is 9.70. The molecule has 2 unspecified atom stereocenters. The van der Waals surface area contributed by atoms with Gasteiger partial charge in [0.1, 0.15) is 11.5 Å². The van der Waals surface area contributed by atoms with Crippen LogP contribution in [-0.2, 0) is 0 Å². The van der Waals surface area contributed by atoms with Gasteiger partial charge < -0.3 is 19.5 Å². The number of aliphatic hydroxyl groups excluding tert-OH is 1. The highest BCUT2D eigenvalue weighted by molar-refractivity contribution is 5.41. The fourth-order valence-corrected chi connectivity index (χ4v) is 2.29. The SMILES string of the molecule is COc1ccc(OC)c(C(O)CN(C)C(C)C(C)(C)C)c1. The minimum Gasteiger partial charge on any atom is -0.497 e. The van der Waals surface area contributed by atoms with E-state index in [4.69, 9.17) is 9.47 Å². The average molecular weight is 295 g/mol. The molecule has 1 rings (SSSR count). The van der Waals surface area contributed by atoms with Crippen molar-refractivity contribution in [2.75, 3.05) is 27.8 Å². The van der Waals surface area contributed by atoms with Gasteiger partial charge in [-0.15, -0.1) is 0 Å². The van der Waals surface area contributed by atoms with E-state index in [1.54, 1.807) is 14.2 Å². The molecule has 0 aliphatic carbocycles. The zero-order valence-corrected chi connectivity index (χ0v) is 14.3. The molecular weight excluding hydrogens is 266 g/mol. The molecule has 0 saturated carbocycles. The van der Waals surface area contributed by atoms with Crippen molar-refractivity contribution in [3.05, 3.63) is 23.8 Å². The van der Waals surface area contributed by atoms with E-state index in [0.29, 0.717) is 18.3 Å². The van der Waals surface area contributed by atoms with Crippen molar-refractivity contribution >= 4 is 0 Å². The Labute approximate surface area is 128 Å². The summed E-state index contributed by atoms with van der Waals surface area (Å²) in [7, 11) is 5.26. The predicted molar refractivity (Wildman–Crippen MR) is 86.1 cm³/mol. The van der Waals surface area contributed by atoms with E-state index in [2.05, 4.69) is 32.6 Å². The molecule has 0 radical (unpaired) electrons. The number of benzene rings is 1. The summed E-state index contributed by atoms with van der Waals surface area (Å²) in [5.41, 5.74) is 0.914. The van der Waals surface area contributed by atoms with Crippen LogP contribution in [0.15, 0.2) is 18.2 Å². The highest BCUT2D eigenvalue weighted by Gasteiger charge is 2.26. The smallest absolute Gasteiger partial charge is 0.124 e. The summed E-state index contributed by atoms with van der Waals surface area (Å²) in [5.74, 6) is 1.40. The summed E-state index contributed by atoms with van der Waals surface area (Å²) in [6.07, 6.45) is -0.621. The zero-order valence-electron chi connectivity index (χ0n) is 14.3. The van der Waals surface area contributed by atoms with Crippen LogP contribution in [0.5, 0.6) is 11.5 Å². The quantitative estimate of drug-likeness (QED) is 0.875. The van der Waals surface area contributed by atoms with E-state index in [9.17, 15) is 5.11 Å². The molecule has 0 fully saturated rings. The van der Waals surface area contributed by atoms with Gasteiger partial charge in [-0.25, -0.2) is 0 Å². The molecule has 0 aromatic heterocycles. The number of hydrogen-bond donors (Lipinski definition) is 1. The van der Waals surface area contributed by atoms with Gasteiger partial charge in [0, 0.05) is 18.2 Å². The Morgan fingerprint density at radius 2 is 1.81 bits per heavy atom. The van der Waals surface area contributed by atoms with Gasteiger partial charge in [0.2, 0.25) is 0 Å². The first kappa shape index (κ1) is 17.8. The van der Waals surface area contributed by atoms with Crippen molar-refractivity contribution in [3.8, 4) is 11.5 Å². The summed E-state index contributed by atoms with van der Waals surface area (Å²) in [4.78, 5) is 2.17. The van der Waals surface area contributed by atoms with E-state index >= 15 is 0 Å². The maximum Gasteiger partial charge on any atom is 0.124 e. The molecule has 0 heterocycles. The van der Waals surface area contributed by atoms with Gasteiger partial charge in [-0.2, -0.15) is 0 Å². The summed E-state index contributed by atoms with van der Waals surface area (Å²) in [6, 6.07) is 5.84. The Morgan fingerprint density at radius 1 is 1.19 bits per heavy atom. The molecule has 120 valence electrons. The second-order valence-electron chi connectivity index (χ2n) is 6.61. The van der Waals surface area contributed by atoms with Gasteiger partial charge in [-0.05, 0) is 37.6 Å². The van der Waals surface area contributed by atoms with Crippen molar-refractivity contribution < 1.29 is 14.6 Å². The number of methoxy groups -OCH3 is 2. The van der Waals surface area contributed by atoms with Crippen LogP contribution in [0.2, 0.25) is 0 Å². The first-order valence-electron chi connectivity index (χ1n) is 7.31. The third-order valence-electron chi connectivity index (χ3n) is 4.17. The Kier molecular flexibility index (Phi) is 6.05. The maximum atomic E-state index is 10.6. The van der Waals surface area contributed by atoms with Crippen LogP contribution in [0, 0.1) is 5.41 Å². The Morgan fingerprint density at radius 3 is 2.29 bits per heavy atom. The number of likely N-dealkylation sites (N-methyl/N-ethyl adjacent to an activating group) is 1. The molecule has 4 nitrogen and oxygen atoms in total. The molecule has 0 spiro atoms. The number of rotatable bonds is 6. The number of aliphatic hydroxyl groups is 1. The van der Waals surface area contributed by atoms with Crippen LogP contribution in [0.1, 0.15) is 39.4 Å². The van der Waals surface area contributed by atoms with E-state index in [1.807, 2.05) is 25.2 Å². The Bertz CT molecular complexity index is 454. The standard InChI is InChI=1S/C17H29NO3/c1-12(17(2,3)4)18(5)11-15(19)14-10-13(20-6)8-9-16(14)21-7/h8-10,12,15,19H,11H2,1-7H3. The summed E-state index contributed by atoms with van der Waals surface area (Å²) < 4.78 is 10.6. The average Bonchev–Trinajstić information content (AvgIpc) is 2.44. The van der Waals surface area contributed by atoms with Gasteiger partial charge in [0.05, 0.1) is 20.3 Å². The van der Waals surface area contributed by atoms with Crippen molar-refractivity contribution in [1.29, 1.82) is 0 Å². The van der Waals surface area contributed by atoms with E-state index in [-0.39, 0.29) is 5.41 Å². The number of nitrogens with zero attached hydrogens (tertiary/aromatic N) is 1. The van der Waals surface area contributed by atoms with Crippen molar-refractivity contribution in [3.63, 3.8) is 0 Å². The molecule has 0 amide bonds. The molecule has 0 saturated heterocycles. The number of hydrogen-bond acceptors (Lipinski definition) is 4. The third kappa shape index (κ3) is 4.61. The summed E-state index contributed by atoms with van der Waals surface area (Å²) in [6.45, 7) is 9.32. The topological polar surface area (TPSA) is 41.9 Å². The second kappa shape index (κ2) is 7.14. The van der Waals surface area contributed by atoms with Crippen LogP contribution in [0.25, 0.3) is 0 Å². The lowest BCUT2D eigenvalue weighted by atomic mass is 9.87. The molecule has 1 N–H and O–H groups in total. The van der Waals surface area contributed by atoms with E-state index in [0.717, 1.165) is 11.3 Å². The molecule has 21 heavy (non-hydrogen) atoms. The lowest BCUT2D eigenvalue weighted by Crippen LogP contribution is -2.41. The molecular formula is C17H29NO3. The maximum absolute atomic E-state index is 10.6. The second-order valence-corrected chi connectivity index (χ2v) is 6.61. The minimum atomic E-state index is -0.621. The monoisotopic (exact) mass is 295 g/mol. The van der Waals surface area contributed by atoms with E-state index < -0.39 is 6.10 Å². The molecule has 1 aromatic rings. The van der Waals surface area contributed by atoms with Crippen molar-refractivity contribution in [2.24, 2.45) is 5.41 Å². The van der Waals surface area contributed by atoms with Gasteiger partial charge in [-0.1, -0.05) is 20.8 Å². The van der Waals surface area contributed by atoms with Gasteiger partial charge in [0.15, 0.2) is 0 Å². The minimum absolute atomic E-state index is 0.160. The first-order valence-corrected chi connectivity index (χ1v) is 7.31. The van der Waals surface area contributed by atoms with Gasteiger partial charge in [0.25, 0.3) is 0 Å². The molecule has 0 aliphatic rings. The highest BCUT2D eigenvalue weighted by atomic mass is 16.5. The predicted octanol–water partition coefficient (Wildman–Crippen LogP) is 3.10. The lowest BCUT2D eigenvalue weighted by molar-refractivity contribution is 0.0701. The normalized spacial score (nSPS) is 14.9. The van der Waals surface area contributed by atoms with Crippen LogP contribution < -0.4 is 9.47 Å². The highest BCUT2D eigenvalue weighted by Crippen LogP contribution is 2.31. The number of ether oxygens (including phenoxy) is 2. The van der Waals surface area contributed by atoms with Crippen molar-refractivity contribution in [1.82, 2.24) is 4.90 Å². The summed E-state index contributed by atoms with van der Waals surface area (Å²) >= 11 is 0. The molecule has 4 heteroatoms. The van der Waals surface area contributed by atoms with E-state index in [1.165, 1.54) is 0 Å². The molecule has 0 aliphatic heterocycles.